The number of nitrogen functional groups attached to an aromatic ring is 1. The molecular formula is C23H32N7O8P. The number of aromatic nitrogens is 4. The number of carbonyl (C=O) groups is 1. The molecule has 3 heterocycles. The molecule has 0 aliphatic carbocycles. The highest BCUT2D eigenvalue weighted by Crippen LogP contribution is 2.46. The van der Waals surface area contributed by atoms with Gasteiger partial charge in [-0.2, -0.15) is 10.1 Å². The third-order valence-electron chi connectivity index (χ3n) is 5.96. The van der Waals surface area contributed by atoms with E-state index in [9.17, 15) is 19.3 Å². The van der Waals surface area contributed by atoms with E-state index in [1.54, 1.807) is 44.2 Å². The van der Waals surface area contributed by atoms with E-state index in [2.05, 4.69) is 20.0 Å². The molecule has 3 aromatic rings. The van der Waals surface area contributed by atoms with Gasteiger partial charge in [-0.3, -0.25) is 23.7 Å². The fourth-order valence-electron chi connectivity index (χ4n) is 4.05. The molecule has 1 saturated heterocycles. The summed E-state index contributed by atoms with van der Waals surface area (Å²) >= 11 is 0. The summed E-state index contributed by atoms with van der Waals surface area (Å²) in [5.41, 5.74) is 10.3. The molecule has 1 fully saturated rings. The van der Waals surface area contributed by atoms with Crippen molar-refractivity contribution in [3.63, 3.8) is 0 Å². The summed E-state index contributed by atoms with van der Waals surface area (Å²) in [6.07, 6.45) is -2.58. The molecule has 7 N–H and O–H groups in total. The maximum Gasteiger partial charge on any atom is 0.459 e. The number of nitrogens with one attached hydrogen (secondary N) is 2. The first-order chi connectivity index (χ1) is 18.3. The minimum absolute atomic E-state index is 0.00465. The smallest absolute Gasteiger partial charge is 0.459 e. The molecule has 0 saturated carbocycles. The Morgan fingerprint density at radius 2 is 2.03 bits per heavy atom. The fourth-order valence-corrected chi connectivity index (χ4v) is 5.55. The number of nitrogens with two attached hydrogens (primary N) is 2. The maximum absolute atomic E-state index is 13.8. The SMILES string of the molecule is CC(C)OC(=O)C(C)NP(=O)(OCC1OC(n2cnc3c(=O)[nH]c(N)nc32)C(C)(N)C1O)Oc1ccccc1. The predicted octanol–water partition coefficient (Wildman–Crippen LogP) is 0.811. The molecule has 6 unspecified atom stereocenters. The minimum Gasteiger partial charge on any atom is -0.462 e. The van der Waals surface area contributed by atoms with Crippen LogP contribution >= 0.6 is 7.75 Å². The van der Waals surface area contributed by atoms with Crippen LogP contribution in [0.5, 0.6) is 5.75 Å². The van der Waals surface area contributed by atoms with Crippen molar-refractivity contribution in [1.29, 1.82) is 0 Å². The Balaban J connectivity index is 1.56. The van der Waals surface area contributed by atoms with Crippen molar-refractivity contribution in [3.05, 3.63) is 47.0 Å². The van der Waals surface area contributed by atoms with Gasteiger partial charge in [0.05, 0.1) is 24.6 Å². The first-order valence-electron chi connectivity index (χ1n) is 12.1. The number of aromatic amines is 1. The van der Waals surface area contributed by atoms with E-state index >= 15 is 0 Å². The lowest BCUT2D eigenvalue weighted by atomic mass is 9.93. The van der Waals surface area contributed by atoms with E-state index in [-0.39, 0.29) is 22.9 Å². The quantitative estimate of drug-likeness (QED) is 0.170. The summed E-state index contributed by atoms with van der Waals surface area (Å²) in [4.78, 5) is 35.1. The van der Waals surface area contributed by atoms with Crippen LogP contribution in [0.25, 0.3) is 11.2 Å². The molecule has 0 radical (unpaired) electrons. The Hall–Kier alpha value is -3.33. The molecule has 1 aromatic carbocycles. The molecule has 212 valence electrons. The minimum atomic E-state index is -4.22. The number of imidazole rings is 1. The summed E-state index contributed by atoms with van der Waals surface area (Å²) in [6, 6.07) is 7.16. The van der Waals surface area contributed by atoms with Crippen molar-refractivity contribution in [2.75, 3.05) is 12.3 Å². The molecule has 1 aliphatic heterocycles. The zero-order chi connectivity index (χ0) is 28.5. The Bertz CT molecular complexity index is 1430. The number of rotatable bonds is 10. The van der Waals surface area contributed by atoms with Crippen LogP contribution in [0.15, 0.2) is 41.5 Å². The van der Waals surface area contributed by atoms with Gasteiger partial charge in [-0.15, -0.1) is 0 Å². The van der Waals surface area contributed by atoms with Crippen LogP contribution < -0.4 is 26.6 Å². The van der Waals surface area contributed by atoms with Crippen LogP contribution in [0.1, 0.15) is 33.9 Å². The predicted molar refractivity (Wildman–Crippen MR) is 140 cm³/mol. The van der Waals surface area contributed by atoms with Gasteiger partial charge in [-0.25, -0.2) is 9.55 Å². The summed E-state index contributed by atoms with van der Waals surface area (Å²) in [7, 11) is -4.22. The number of esters is 1. The van der Waals surface area contributed by atoms with E-state index in [1.807, 2.05) is 0 Å². The molecule has 4 rings (SSSR count). The van der Waals surface area contributed by atoms with E-state index in [0.717, 1.165) is 0 Å². The average molecular weight is 566 g/mol. The first-order valence-corrected chi connectivity index (χ1v) is 13.7. The molecule has 1 aliphatic rings. The van der Waals surface area contributed by atoms with Crippen LogP contribution in [-0.2, 0) is 23.4 Å². The van der Waals surface area contributed by atoms with Gasteiger partial charge in [0.1, 0.15) is 24.0 Å². The second kappa shape index (κ2) is 11.0. The number of aliphatic hydroxyl groups is 1. The van der Waals surface area contributed by atoms with Gasteiger partial charge in [0.2, 0.25) is 5.95 Å². The Morgan fingerprint density at radius 3 is 2.69 bits per heavy atom. The Labute approximate surface area is 223 Å². The Morgan fingerprint density at radius 1 is 1.33 bits per heavy atom. The molecule has 0 spiro atoms. The fraction of sp³-hybridized carbons (Fsp3) is 0.478. The van der Waals surface area contributed by atoms with Gasteiger partial charge in [-0.05, 0) is 39.8 Å². The van der Waals surface area contributed by atoms with E-state index in [4.69, 9.17) is 30.0 Å². The number of fused-ring (bicyclic) bond motifs is 1. The number of aliphatic hydroxyl groups excluding tert-OH is 1. The number of ether oxygens (including phenoxy) is 2. The van der Waals surface area contributed by atoms with E-state index in [1.165, 1.54) is 24.7 Å². The van der Waals surface area contributed by atoms with E-state index in [0.29, 0.717) is 0 Å². The first kappa shape index (κ1) is 28.7. The van der Waals surface area contributed by atoms with Crippen LogP contribution in [-0.4, -0.2) is 67.1 Å². The van der Waals surface area contributed by atoms with Gasteiger partial charge >= 0.3 is 13.7 Å². The van der Waals surface area contributed by atoms with Crippen molar-refractivity contribution in [3.8, 4) is 5.75 Å². The van der Waals surface area contributed by atoms with Gasteiger partial charge in [-0.1, -0.05) is 18.2 Å². The lowest BCUT2D eigenvalue weighted by molar-refractivity contribution is -0.149. The molecule has 15 nitrogen and oxygen atoms in total. The summed E-state index contributed by atoms with van der Waals surface area (Å²) < 4.78 is 37.6. The number of nitrogens with zero attached hydrogens (tertiary/aromatic N) is 3. The van der Waals surface area contributed by atoms with Crippen molar-refractivity contribution in [1.82, 2.24) is 24.6 Å². The normalized spacial score (nSPS) is 25.5. The molecule has 39 heavy (non-hydrogen) atoms. The van der Waals surface area contributed by atoms with Crippen molar-refractivity contribution >= 4 is 30.8 Å². The molecule has 2 aromatic heterocycles. The maximum atomic E-state index is 13.8. The lowest BCUT2D eigenvalue weighted by Gasteiger charge is -2.28. The van der Waals surface area contributed by atoms with Gasteiger partial charge in [0, 0.05) is 0 Å². The zero-order valence-corrected chi connectivity index (χ0v) is 22.7. The lowest BCUT2D eigenvalue weighted by Crippen LogP contribution is -2.52. The highest BCUT2D eigenvalue weighted by molar-refractivity contribution is 7.52. The largest absolute Gasteiger partial charge is 0.462 e. The van der Waals surface area contributed by atoms with Gasteiger partial charge in [0.15, 0.2) is 17.4 Å². The molecular weight excluding hydrogens is 533 g/mol. The van der Waals surface area contributed by atoms with Crippen molar-refractivity contribution < 1.29 is 33.0 Å². The van der Waals surface area contributed by atoms with Crippen LogP contribution in [0, 0.1) is 0 Å². The summed E-state index contributed by atoms with van der Waals surface area (Å²) in [6.45, 7) is 5.91. The number of H-pyrrole nitrogens is 1. The molecule has 0 amide bonds. The van der Waals surface area contributed by atoms with Crippen LogP contribution in [0.4, 0.5) is 5.95 Å². The van der Waals surface area contributed by atoms with E-state index < -0.39 is 62.0 Å². The molecule has 0 bridgehead atoms. The number of benzene rings is 1. The number of para-hydroxylation sites is 1. The average Bonchev–Trinajstić information content (AvgIpc) is 3.36. The molecule has 16 heteroatoms. The summed E-state index contributed by atoms with van der Waals surface area (Å²) in [5, 5.41) is 13.6. The molecule has 6 atom stereocenters. The monoisotopic (exact) mass is 565 g/mol. The number of hydrogen-bond donors (Lipinski definition) is 5. The van der Waals surface area contributed by atoms with Crippen LogP contribution in [0.3, 0.4) is 0 Å². The number of anilines is 1. The number of hydrogen-bond acceptors (Lipinski definition) is 12. The highest BCUT2D eigenvalue weighted by Gasteiger charge is 2.53. The topological polar surface area (TPSA) is 219 Å². The van der Waals surface area contributed by atoms with Crippen molar-refractivity contribution in [2.24, 2.45) is 5.73 Å². The second-order valence-corrected chi connectivity index (χ2v) is 11.3. The van der Waals surface area contributed by atoms with Crippen molar-refractivity contribution in [2.45, 2.75) is 63.8 Å². The highest BCUT2D eigenvalue weighted by atomic mass is 31.2. The second-order valence-electron chi connectivity index (χ2n) is 9.65. The summed E-state index contributed by atoms with van der Waals surface area (Å²) in [5.74, 6) is -0.585. The number of carbonyl (C=O) groups excluding carboxylic acids is 1. The Kier molecular flexibility index (Phi) is 8.12. The third kappa shape index (κ3) is 6.13. The standard InChI is InChI=1S/C23H32N7O8P/c1-12(2)36-20(33)13(3)29-39(34,38-14-8-6-5-7-9-14)35-10-15-17(31)23(4,25)21(37-15)30-11-26-16-18(30)27-22(24)28-19(16)32/h5-9,11-13,15,17,21,31H,10,25H2,1-4H3,(H,29,34)(H3,24,27,28,32). The van der Waals surface area contributed by atoms with Crippen LogP contribution in [0.2, 0.25) is 0 Å². The van der Waals surface area contributed by atoms with Gasteiger partial charge in [0.25, 0.3) is 5.56 Å². The van der Waals surface area contributed by atoms with Gasteiger partial charge < -0.3 is 30.6 Å². The third-order valence-corrected chi connectivity index (χ3v) is 7.61. The zero-order valence-electron chi connectivity index (χ0n) is 21.8.